The second-order valence-corrected chi connectivity index (χ2v) is 0. The van der Waals surface area contributed by atoms with Gasteiger partial charge in [-0.3, -0.25) is 0 Å². The largest absolute Gasteiger partial charge is 2.00 e. The zero-order valence-corrected chi connectivity index (χ0v) is 6.18. The molecule has 0 bridgehead atoms. The summed E-state index contributed by atoms with van der Waals surface area (Å²) in [6.07, 6.45) is 0. The molecule has 0 unspecified atom stereocenters. The van der Waals surface area contributed by atoms with Gasteiger partial charge in [-0.2, -0.15) is 0 Å². The van der Waals surface area contributed by atoms with E-state index in [2.05, 4.69) is 0 Å². The van der Waals surface area contributed by atoms with Crippen LogP contribution in [-0.4, -0.2) is 5.48 Å². The maximum Gasteiger partial charge on any atom is 2.00 e. The minimum Gasteiger partial charge on any atom is -1.00 e. The molecule has 0 aliphatic carbocycles. The Hall–Kier alpha value is 1.64. The smallest absolute Gasteiger partial charge is 1.00 e. The molecule has 0 spiro atoms. The van der Waals surface area contributed by atoms with E-state index in [1.54, 1.807) is 0 Å². The van der Waals surface area contributed by atoms with Crippen LogP contribution in [0, 0.1) is 0 Å². The van der Waals surface area contributed by atoms with Crippen LogP contribution in [0.5, 0.6) is 0 Å². The van der Waals surface area contributed by atoms with Crippen molar-refractivity contribution in [3.8, 4) is 0 Å². The van der Waals surface area contributed by atoms with Crippen LogP contribution in [0.15, 0.2) is 0 Å². The Labute approximate surface area is 62.5 Å². The van der Waals surface area contributed by atoms with Gasteiger partial charge in [0.25, 0.3) is 0 Å². The van der Waals surface area contributed by atoms with Crippen molar-refractivity contribution in [3.05, 3.63) is 0 Å². The minimum absolute atomic E-state index is 0. The van der Waals surface area contributed by atoms with Gasteiger partial charge in [-0.25, -0.2) is 0 Å². The summed E-state index contributed by atoms with van der Waals surface area (Å²) < 4.78 is 0. The number of halogens is 2. The van der Waals surface area contributed by atoms with Crippen LogP contribution in [0.2, 0.25) is 0 Å². The summed E-state index contributed by atoms with van der Waals surface area (Å²) in [7, 11) is 0. The van der Waals surface area contributed by atoms with Crippen molar-refractivity contribution in [2.75, 3.05) is 0 Å². The van der Waals surface area contributed by atoms with E-state index in [1.807, 2.05) is 0 Å². The average molecular weight is 178 g/mol. The molecule has 0 aromatic rings. The van der Waals surface area contributed by atoms with E-state index in [0.717, 1.165) is 0 Å². The maximum absolute atomic E-state index is 0. The molecule has 0 heterocycles. The maximum atomic E-state index is 0. The van der Waals surface area contributed by atoms with Crippen LogP contribution in [0.4, 0.5) is 0 Å². The Morgan fingerprint density at radius 2 is 0.750 bits per heavy atom. The van der Waals surface area contributed by atoms with E-state index in [4.69, 9.17) is 0 Å². The van der Waals surface area contributed by atoms with Crippen molar-refractivity contribution in [2.24, 2.45) is 0 Å². The SMILES string of the molecule is O.[Cl-].[Cl-].[Y+2]. The van der Waals surface area contributed by atoms with E-state index in [-0.39, 0.29) is 63.0 Å². The summed E-state index contributed by atoms with van der Waals surface area (Å²) in [5.41, 5.74) is 0. The Balaban J connectivity index is 0. The van der Waals surface area contributed by atoms with E-state index in [9.17, 15) is 0 Å². The molecule has 1 radical (unpaired) electrons. The predicted octanol–water partition coefficient (Wildman–Crippen LogP) is -6.82. The fraction of sp³-hybridized carbons (Fsp3) is 0. The molecule has 0 aromatic heterocycles. The van der Waals surface area contributed by atoms with Gasteiger partial charge in [-0.15, -0.1) is 0 Å². The monoisotopic (exact) mass is 177 g/mol. The molecule has 0 aliphatic heterocycles. The first-order chi connectivity index (χ1) is 0. The molecule has 0 aromatic carbocycles. The summed E-state index contributed by atoms with van der Waals surface area (Å²) in [5.74, 6) is 0. The van der Waals surface area contributed by atoms with Crippen LogP contribution in [0.3, 0.4) is 0 Å². The molecule has 25 valence electrons. The summed E-state index contributed by atoms with van der Waals surface area (Å²) in [6.45, 7) is 0. The Morgan fingerprint density at radius 1 is 0.750 bits per heavy atom. The van der Waals surface area contributed by atoms with E-state index < -0.39 is 0 Å². The predicted molar refractivity (Wildman–Crippen MR) is 3.61 cm³/mol. The third-order valence-corrected chi connectivity index (χ3v) is 0. The van der Waals surface area contributed by atoms with Gasteiger partial charge in [-0.05, 0) is 0 Å². The molecular formula is H2Cl2OY. The van der Waals surface area contributed by atoms with Crippen molar-refractivity contribution in [2.45, 2.75) is 0 Å². The van der Waals surface area contributed by atoms with Crippen LogP contribution in [-0.2, 0) is 32.7 Å². The molecule has 0 amide bonds. The van der Waals surface area contributed by atoms with Gasteiger partial charge in [-0.1, -0.05) is 0 Å². The first kappa shape index (κ1) is 45.0. The molecular weight excluding hydrogens is 176 g/mol. The summed E-state index contributed by atoms with van der Waals surface area (Å²) in [5, 5.41) is 0. The third-order valence-electron chi connectivity index (χ3n) is 0. The topological polar surface area (TPSA) is 31.5 Å². The molecule has 0 rings (SSSR count). The van der Waals surface area contributed by atoms with Gasteiger partial charge >= 0.3 is 32.7 Å². The Bertz CT molecular complexity index is 6.00. The normalized spacial score (nSPS) is 0. The second-order valence-electron chi connectivity index (χ2n) is 0. The van der Waals surface area contributed by atoms with Gasteiger partial charge in [0.1, 0.15) is 0 Å². The van der Waals surface area contributed by atoms with Crippen molar-refractivity contribution >= 4 is 0 Å². The van der Waals surface area contributed by atoms with Gasteiger partial charge in [0.2, 0.25) is 0 Å². The first-order valence-electron chi connectivity index (χ1n) is 0. The summed E-state index contributed by atoms with van der Waals surface area (Å²) in [4.78, 5) is 0. The second kappa shape index (κ2) is 22.8. The molecule has 0 fully saturated rings. The number of hydrogen-bond acceptors (Lipinski definition) is 0. The molecule has 1 nitrogen and oxygen atoms in total. The molecule has 0 atom stereocenters. The number of rotatable bonds is 0. The standard InChI is InChI=1S/2ClH.H2O.Y/h2*1H;1H2;/q;;;+2/p-2. The molecule has 4 heteroatoms. The molecule has 0 saturated heterocycles. The summed E-state index contributed by atoms with van der Waals surface area (Å²) in [6, 6.07) is 0. The average Bonchev–Trinajstić information content (AvgIpc) is 0. The van der Waals surface area contributed by atoms with Crippen molar-refractivity contribution in [1.29, 1.82) is 0 Å². The fourth-order valence-electron chi connectivity index (χ4n) is 0. The molecule has 0 saturated carbocycles. The van der Waals surface area contributed by atoms with Crippen LogP contribution in [0.25, 0.3) is 0 Å². The quantitative estimate of drug-likeness (QED) is 0.353. The van der Waals surface area contributed by atoms with Crippen molar-refractivity contribution < 1.29 is 63.0 Å². The summed E-state index contributed by atoms with van der Waals surface area (Å²) >= 11 is 0. The van der Waals surface area contributed by atoms with Crippen LogP contribution >= 0.6 is 0 Å². The molecule has 4 heavy (non-hydrogen) atoms. The van der Waals surface area contributed by atoms with Crippen molar-refractivity contribution in [1.82, 2.24) is 0 Å². The van der Waals surface area contributed by atoms with Gasteiger partial charge in [0.05, 0.1) is 0 Å². The zero-order chi connectivity index (χ0) is 0. The van der Waals surface area contributed by atoms with E-state index in [0.29, 0.717) is 0 Å². The third kappa shape index (κ3) is 9.43. The Morgan fingerprint density at radius 3 is 0.750 bits per heavy atom. The Kier molecular flexibility index (Phi) is 257. The van der Waals surface area contributed by atoms with Gasteiger partial charge < -0.3 is 30.3 Å². The fourth-order valence-corrected chi connectivity index (χ4v) is 0. The zero-order valence-electron chi connectivity index (χ0n) is 1.83. The molecule has 0 aliphatic rings. The molecule has 2 N–H and O–H groups in total. The first-order valence-corrected chi connectivity index (χ1v) is 0. The van der Waals surface area contributed by atoms with Gasteiger partial charge in [0, 0.05) is 0 Å². The number of hydrogen-bond donors (Lipinski definition) is 0. The van der Waals surface area contributed by atoms with E-state index in [1.165, 1.54) is 0 Å². The van der Waals surface area contributed by atoms with Gasteiger partial charge in [0.15, 0.2) is 0 Å². The van der Waals surface area contributed by atoms with Crippen LogP contribution in [0.1, 0.15) is 0 Å². The van der Waals surface area contributed by atoms with Crippen molar-refractivity contribution in [3.63, 3.8) is 0 Å². The van der Waals surface area contributed by atoms with Crippen LogP contribution < -0.4 is 24.8 Å². The van der Waals surface area contributed by atoms with E-state index >= 15 is 0 Å². The minimum atomic E-state index is 0.